The molecular formula is C30H35N3O3. The summed E-state index contributed by atoms with van der Waals surface area (Å²) < 4.78 is 5.88. The lowest BCUT2D eigenvalue weighted by Crippen LogP contribution is -2.36. The van der Waals surface area contributed by atoms with Crippen LogP contribution in [-0.2, 0) is 11.2 Å². The van der Waals surface area contributed by atoms with Gasteiger partial charge < -0.3 is 20.7 Å². The molecule has 36 heavy (non-hydrogen) atoms. The average Bonchev–Trinajstić information content (AvgIpc) is 2.92. The van der Waals surface area contributed by atoms with Crippen molar-refractivity contribution in [1.29, 1.82) is 0 Å². The van der Waals surface area contributed by atoms with Gasteiger partial charge in [0.05, 0.1) is 13.2 Å². The molecule has 1 fully saturated rings. The molecule has 3 aromatic carbocycles. The van der Waals surface area contributed by atoms with E-state index in [0.29, 0.717) is 17.9 Å². The zero-order valence-corrected chi connectivity index (χ0v) is 20.7. The summed E-state index contributed by atoms with van der Waals surface area (Å²) in [6.07, 6.45) is 7.62. The summed E-state index contributed by atoms with van der Waals surface area (Å²) in [5.41, 5.74) is 3.39. The summed E-state index contributed by atoms with van der Waals surface area (Å²) >= 11 is 0. The largest absolute Gasteiger partial charge is 0.494 e. The fraction of sp³-hybridized carbons (Fsp3) is 0.333. The number of aryl methyl sites for hydroxylation is 1. The number of carbonyl (C=O) groups excluding carboxylic acids is 2. The van der Waals surface area contributed by atoms with E-state index in [1.807, 2.05) is 42.5 Å². The number of ether oxygens (including phenoxy) is 1. The highest BCUT2D eigenvalue weighted by molar-refractivity contribution is 5.96. The number of nitrogens with one attached hydrogen (secondary N) is 3. The summed E-state index contributed by atoms with van der Waals surface area (Å²) in [6.45, 7) is 0.759. The number of carbonyl (C=O) groups is 2. The van der Waals surface area contributed by atoms with Gasteiger partial charge in [0, 0.05) is 29.0 Å². The molecule has 1 aliphatic carbocycles. The predicted octanol–water partition coefficient (Wildman–Crippen LogP) is 5.81. The van der Waals surface area contributed by atoms with Crippen LogP contribution in [-0.4, -0.2) is 31.0 Å². The standard InChI is InChI=1S/C30H35N3O3/c34-29(32-26-18-16-24(17-19-26)30(35)33-25-12-5-2-6-13-25)22-31-27-14-7-15-28(21-27)36-20-8-11-23-9-3-1-4-10-23/h1,3-4,7,9-10,14-19,21,25,31H,2,5-6,8,11-13,20,22H2,(H,32,34)(H,33,35). The first-order valence-corrected chi connectivity index (χ1v) is 12.9. The first kappa shape index (κ1) is 25.3. The van der Waals surface area contributed by atoms with Crippen LogP contribution in [0.3, 0.4) is 0 Å². The van der Waals surface area contributed by atoms with Gasteiger partial charge in [0.1, 0.15) is 5.75 Å². The van der Waals surface area contributed by atoms with E-state index in [1.165, 1.54) is 24.8 Å². The van der Waals surface area contributed by atoms with Gasteiger partial charge in [-0.25, -0.2) is 0 Å². The third-order valence-electron chi connectivity index (χ3n) is 6.38. The number of amides is 2. The second-order valence-electron chi connectivity index (χ2n) is 9.25. The van der Waals surface area contributed by atoms with E-state index in [1.54, 1.807) is 24.3 Å². The summed E-state index contributed by atoms with van der Waals surface area (Å²) in [5, 5.41) is 9.12. The number of hydrogen-bond donors (Lipinski definition) is 3. The van der Waals surface area contributed by atoms with Crippen molar-refractivity contribution in [2.75, 3.05) is 23.8 Å². The maximum absolute atomic E-state index is 12.5. The van der Waals surface area contributed by atoms with E-state index < -0.39 is 0 Å². The molecule has 0 unspecified atom stereocenters. The van der Waals surface area contributed by atoms with Gasteiger partial charge in [-0.2, -0.15) is 0 Å². The van der Waals surface area contributed by atoms with Crippen LogP contribution >= 0.6 is 0 Å². The van der Waals surface area contributed by atoms with Gasteiger partial charge in [0.2, 0.25) is 5.91 Å². The van der Waals surface area contributed by atoms with Gasteiger partial charge in [0.15, 0.2) is 0 Å². The van der Waals surface area contributed by atoms with Crippen molar-refractivity contribution < 1.29 is 14.3 Å². The highest BCUT2D eigenvalue weighted by atomic mass is 16.5. The Morgan fingerprint density at radius 3 is 2.39 bits per heavy atom. The maximum Gasteiger partial charge on any atom is 0.251 e. The maximum atomic E-state index is 12.5. The Morgan fingerprint density at radius 2 is 1.61 bits per heavy atom. The Balaban J connectivity index is 1.17. The second-order valence-corrected chi connectivity index (χ2v) is 9.25. The van der Waals surface area contributed by atoms with Crippen LogP contribution in [0.15, 0.2) is 78.9 Å². The van der Waals surface area contributed by atoms with E-state index in [-0.39, 0.29) is 24.4 Å². The van der Waals surface area contributed by atoms with Gasteiger partial charge >= 0.3 is 0 Å². The zero-order chi connectivity index (χ0) is 25.0. The van der Waals surface area contributed by atoms with Crippen molar-refractivity contribution in [1.82, 2.24) is 5.32 Å². The fourth-order valence-corrected chi connectivity index (χ4v) is 4.41. The van der Waals surface area contributed by atoms with Crippen molar-refractivity contribution >= 4 is 23.2 Å². The van der Waals surface area contributed by atoms with E-state index in [2.05, 4.69) is 28.1 Å². The molecule has 0 atom stereocenters. The lowest BCUT2D eigenvalue weighted by atomic mass is 9.95. The Hall–Kier alpha value is -3.80. The summed E-state index contributed by atoms with van der Waals surface area (Å²) in [4.78, 5) is 24.9. The third-order valence-corrected chi connectivity index (χ3v) is 6.38. The van der Waals surface area contributed by atoms with Crippen LogP contribution < -0.4 is 20.7 Å². The minimum atomic E-state index is -0.163. The minimum absolute atomic E-state index is 0.0522. The molecule has 0 spiro atoms. The zero-order valence-electron chi connectivity index (χ0n) is 20.7. The van der Waals surface area contributed by atoms with E-state index in [9.17, 15) is 9.59 Å². The van der Waals surface area contributed by atoms with Gasteiger partial charge in [0.25, 0.3) is 5.91 Å². The number of hydrogen-bond acceptors (Lipinski definition) is 4. The second kappa shape index (κ2) is 13.3. The molecule has 0 aliphatic heterocycles. The molecule has 6 nitrogen and oxygen atoms in total. The van der Waals surface area contributed by atoms with Crippen LogP contribution in [0.4, 0.5) is 11.4 Å². The number of anilines is 2. The first-order valence-electron chi connectivity index (χ1n) is 12.9. The topological polar surface area (TPSA) is 79.5 Å². The van der Waals surface area contributed by atoms with Crippen molar-refractivity contribution in [3.8, 4) is 5.75 Å². The molecule has 0 bridgehead atoms. The number of benzene rings is 3. The van der Waals surface area contributed by atoms with Gasteiger partial charge in [-0.1, -0.05) is 55.7 Å². The van der Waals surface area contributed by atoms with E-state index >= 15 is 0 Å². The van der Waals surface area contributed by atoms with Crippen LogP contribution in [0.25, 0.3) is 0 Å². The predicted molar refractivity (Wildman–Crippen MR) is 145 cm³/mol. The fourth-order valence-electron chi connectivity index (χ4n) is 4.41. The van der Waals surface area contributed by atoms with E-state index in [0.717, 1.165) is 37.1 Å². The molecular weight excluding hydrogens is 450 g/mol. The van der Waals surface area contributed by atoms with Crippen molar-refractivity contribution in [3.63, 3.8) is 0 Å². The molecule has 0 radical (unpaired) electrons. The summed E-state index contributed by atoms with van der Waals surface area (Å²) in [5.74, 6) is 0.558. The normalized spacial score (nSPS) is 13.6. The molecule has 3 aromatic rings. The first-order chi connectivity index (χ1) is 17.7. The lowest BCUT2D eigenvalue weighted by molar-refractivity contribution is -0.114. The van der Waals surface area contributed by atoms with Gasteiger partial charge in [-0.05, 0) is 67.6 Å². The quantitative estimate of drug-likeness (QED) is 0.299. The smallest absolute Gasteiger partial charge is 0.251 e. The molecule has 3 N–H and O–H groups in total. The summed E-state index contributed by atoms with van der Waals surface area (Å²) in [6, 6.07) is 25.3. The van der Waals surface area contributed by atoms with Crippen molar-refractivity contribution in [2.45, 2.75) is 51.0 Å². The van der Waals surface area contributed by atoms with E-state index in [4.69, 9.17) is 4.74 Å². The lowest BCUT2D eigenvalue weighted by Gasteiger charge is -2.22. The van der Waals surface area contributed by atoms with Crippen LogP contribution in [0.1, 0.15) is 54.4 Å². The molecule has 1 aliphatic rings. The Labute approximate surface area is 213 Å². The average molecular weight is 486 g/mol. The molecule has 4 rings (SSSR count). The minimum Gasteiger partial charge on any atom is -0.494 e. The molecule has 2 amide bonds. The summed E-state index contributed by atoms with van der Waals surface area (Å²) in [7, 11) is 0. The molecule has 6 heteroatoms. The Bertz CT molecular complexity index is 1110. The monoisotopic (exact) mass is 485 g/mol. The van der Waals surface area contributed by atoms with Crippen molar-refractivity contribution in [3.05, 3.63) is 90.0 Å². The Morgan fingerprint density at radius 1 is 0.833 bits per heavy atom. The SMILES string of the molecule is O=C(CNc1cccc(OCCCc2ccccc2)c1)Nc1ccc(C(=O)NC2CCCCC2)cc1. The molecule has 0 heterocycles. The highest BCUT2D eigenvalue weighted by Crippen LogP contribution is 2.19. The molecule has 0 saturated heterocycles. The highest BCUT2D eigenvalue weighted by Gasteiger charge is 2.16. The molecule has 188 valence electrons. The van der Waals surface area contributed by atoms with Gasteiger partial charge in [-0.15, -0.1) is 0 Å². The van der Waals surface area contributed by atoms with Crippen LogP contribution in [0.2, 0.25) is 0 Å². The third kappa shape index (κ3) is 8.15. The Kier molecular flexibility index (Phi) is 9.37. The van der Waals surface area contributed by atoms with Crippen LogP contribution in [0, 0.1) is 0 Å². The van der Waals surface area contributed by atoms with Crippen LogP contribution in [0.5, 0.6) is 5.75 Å². The number of rotatable bonds is 11. The molecule has 0 aromatic heterocycles. The van der Waals surface area contributed by atoms with Gasteiger partial charge in [-0.3, -0.25) is 9.59 Å². The molecule has 1 saturated carbocycles. The van der Waals surface area contributed by atoms with Crippen molar-refractivity contribution in [2.24, 2.45) is 0 Å².